The molecule has 0 aliphatic heterocycles. The van der Waals surface area contributed by atoms with Crippen LogP contribution in [0.2, 0.25) is 0 Å². The number of aryl methyl sites for hydroxylation is 2. The minimum absolute atomic E-state index is 0.284. The third-order valence-corrected chi connectivity index (χ3v) is 11.2. The van der Waals surface area contributed by atoms with E-state index in [2.05, 4.69) is 6.07 Å². The summed E-state index contributed by atoms with van der Waals surface area (Å²) in [6.45, 7) is 3.52. The smallest absolute Gasteiger partial charge is 0.192 e. The predicted molar refractivity (Wildman–Crippen MR) is 170 cm³/mol. The summed E-state index contributed by atoms with van der Waals surface area (Å²) < 4.78 is 72.6. The van der Waals surface area contributed by atoms with E-state index in [1.165, 1.54) is 0 Å². The van der Waals surface area contributed by atoms with Crippen LogP contribution in [0.3, 0.4) is 0 Å². The number of fused-ring (bicyclic) bond motifs is 3. The molecule has 0 heterocycles. The molecule has 0 fully saturated rings. The van der Waals surface area contributed by atoms with Crippen molar-refractivity contribution in [1.82, 2.24) is 0 Å². The Kier molecular flexibility index (Phi) is 7.62. The van der Waals surface area contributed by atoms with E-state index in [0.29, 0.717) is 27.8 Å². The van der Waals surface area contributed by atoms with E-state index in [0.717, 1.165) is 32.3 Å². The van der Waals surface area contributed by atoms with E-state index in [4.69, 9.17) is 3.63 Å². The summed E-state index contributed by atoms with van der Waals surface area (Å²) in [7, 11) is -6.02. The highest BCUT2D eigenvalue weighted by atomic mass is 32.3. The first-order valence-corrected chi connectivity index (χ1v) is 16.3. The van der Waals surface area contributed by atoms with Gasteiger partial charge in [-0.3, -0.25) is 0 Å². The molecule has 6 aromatic rings. The quantitative estimate of drug-likeness (QED) is 0.105. The average Bonchev–Trinajstić information content (AvgIpc) is 2.99. The number of hydrogen-bond donors (Lipinski definition) is 0. The van der Waals surface area contributed by atoms with Crippen molar-refractivity contribution < 1.29 is 25.2 Å². The van der Waals surface area contributed by atoms with Crippen LogP contribution in [0.5, 0.6) is 0 Å². The minimum atomic E-state index is -6.02. The summed E-state index contributed by atoms with van der Waals surface area (Å²) in [6.07, 6.45) is 0. The highest BCUT2D eigenvalue weighted by Crippen LogP contribution is 2.47. The van der Waals surface area contributed by atoms with Gasteiger partial charge in [0.1, 0.15) is 0 Å². The Morgan fingerprint density at radius 3 is 1.89 bits per heavy atom. The molecule has 0 amide bonds. The van der Waals surface area contributed by atoms with E-state index in [-0.39, 0.29) is 4.90 Å². The topological polar surface area (TPSA) is 67.2 Å². The van der Waals surface area contributed by atoms with E-state index >= 15 is 0 Å². The second-order valence-corrected chi connectivity index (χ2v) is 14.0. The van der Waals surface area contributed by atoms with Gasteiger partial charge in [0, 0.05) is 11.1 Å². The fourth-order valence-electron chi connectivity index (χ4n) is 5.70. The van der Waals surface area contributed by atoms with E-state index in [1.807, 2.05) is 66.7 Å². The Morgan fingerprint density at radius 1 is 0.727 bits per heavy atom. The molecule has 44 heavy (non-hydrogen) atoms. The summed E-state index contributed by atoms with van der Waals surface area (Å²) in [6, 6.07) is 35.2. The monoisotopic (exact) mass is 628 g/mol. The SMILES string of the molecule is Cc1cc(C(c2c3ccccc3cc3cc4ccccc4cc23)[S+](OS(=O)(=O)C(F)(F)F)c2ccccc2)cc(C)c1C#N. The van der Waals surface area contributed by atoms with Gasteiger partial charge in [-0.25, -0.2) is 0 Å². The van der Waals surface area contributed by atoms with Gasteiger partial charge in [0.15, 0.2) is 4.90 Å². The number of alkyl halides is 3. The van der Waals surface area contributed by atoms with Crippen molar-refractivity contribution in [1.29, 1.82) is 5.26 Å². The predicted octanol–water partition coefficient (Wildman–Crippen LogP) is 9.18. The normalized spacial score (nSPS) is 13.6. The number of nitriles is 1. The van der Waals surface area contributed by atoms with E-state index in [1.54, 1.807) is 56.3 Å². The van der Waals surface area contributed by atoms with Gasteiger partial charge < -0.3 is 0 Å². The zero-order valence-electron chi connectivity index (χ0n) is 23.6. The number of hydrogen-bond acceptors (Lipinski definition) is 4. The first-order chi connectivity index (χ1) is 21.0. The van der Waals surface area contributed by atoms with Crippen molar-refractivity contribution in [2.45, 2.75) is 29.5 Å². The molecule has 0 N–H and O–H groups in total. The molecular formula is C35H25F3NO3S2+. The maximum absolute atomic E-state index is 13.9. The zero-order chi connectivity index (χ0) is 31.2. The van der Waals surface area contributed by atoms with Crippen LogP contribution in [-0.2, 0) is 24.9 Å². The van der Waals surface area contributed by atoms with Crippen molar-refractivity contribution in [3.63, 3.8) is 0 Å². The molecule has 6 rings (SSSR count). The molecule has 4 nitrogen and oxygen atoms in total. The van der Waals surface area contributed by atoms with Crippen LogP contribution in [-0.4, -0.2) is 13.9 Å². The number of nitrogens with zero attached hydrogens (tertiary/aromatic N) is 1. The Balaban J connectivity index is 1.78. The second-order valence-electron chi connectivity index (χ2n) is 10.5. The fraction of sp³-hybridized carbons (Fsp3) is 0.114. The van der Waals surface area contributed by atoms with Crippen LogP contribution in [0.15, 0.2) is 114 Å². The van der Waals surface area contributed by atoms with Crippen molar-refractivity contribution in [3.05, 3.63) is 137 Å². The largest absolute Gasteiger partial charge is 0.527 e. The van der Waals surface area contributed by atoms with Crippen LogP contribution >= 0.6 is 0 Å². The molecule has 2 atom stereocenters. The lowest BCUT2D eigenvalue weighted by Crippen LogP contribution is -2.31. The summed E-state index contributed by atoms with van der Waals surface area (Å²) in [5.74, 6) is 0. The minimum Gasteiger partial charge on any atom is -0.192 e. The Morgan fingerprint density at radius 2 is 1.27 bits per heavy atom. The van der Waals surface area contributed by atoms with Crippen molar-refractivity contribution in [2.24, 2.45) is 0 Å². The van der Waals surface area contributed by atoms with Crippen molar-refractivity contribution >= 4 is 53.6 Å². The van der Waals surface area contributed by atoms with Crippen LogP contribution in [0, 0.1) is 25.2 Å². The third-order valence-electron chi connectivity index (χ3n) is 7.64. The molecule has 0 bridgehead atoms. The molecule has 0 aromatic heterocycles. The molecule has 0 aliphatic carbocycles. The number of benzene rings is 6. The van der Waals surface area contributed by atoms with Gasteiger partial charge in [0.25, 0.3) is 0 Å². The molecule has 0 saturated heterocycles. The molecular weight excluding hydrogens is 604 g/mol. The molecule has 0 radical (unpaired) electrons. The van der Waals surface area contributed by atoms with Gasteiger partial charge in [0.2, 0.25) is 16.4 Å². The van der Waals surface area contributed by atoms with Crippen LogP contribution in [0.4, 0.5) is 13.2 Å². The lowest BCUT2D eigenvalue weighted by molar-refractivity contribution is -0.0495. The van der Waals surface area contributed by atoms with Gasteiger partial charge >= 0.3 is 15.6 Å². The summed E-state index contributed by atoms with van der Waals surface area (Å²) >= 11 is -2.01. The molecule has 9 heteroatoms. The first kappa shape index (κ1) is 29.7. The van der Waals surface area contributed by atoms with Crippen molar-refractivity contribution in [3.8, 4) is 6.07 Å². The summed E-state index contributed by atoms with van der Waals surface area (Å²) in [5, 5.41) is 13.9. The molecule has 0 saturated carbocycles. The van der Waals surface area contributed by atoms with E-state index in [9.17, 15) is 26.9 Å². The molecule has 2 unspecified atom stereocenters. The van der Waals surface area contributed by atoms with Crippen LogP contribution in [0.25, 0.3) is 32.3 Å². The lowest BCUT2D eigenvalue weighted by atomic mass is 9.89. The second kappa shape index (κ2) is 11.3. The van der Waals surface area contributed by atoms with Crippen molar-refractivity contribution in [2.75, 3.05) is 0 Å². The Labute approximate surface area is 256 Å². The maximum atomic E-state index is 13.9. The molecule has 0 spiro atoms. The van der Waals surface area contributed by atoms with Crippen LogP contribution in [0.1, 0.15) is 33.1 Å². The van der Waals surface area contributed by atoms with Gasteiger partial charge in [0.05, 0.1) is 11.6 Å². The summed E-state index contributed by atoms with van der Waals surface area (Å²) in [5.41, 5.74) is -2.77. The van der Waals surface area contributed by atoms with Gasteiger partial charge in [-0.1, -0.05) is 66.7 Å². The van der Waals surface area contributed by atoms with Gasteiger partial charge in [-0.15, -0.1) is 0 Å². The average molecular weight is 629 g/mol. The number of halogens is 3. The zero-order valence-corrected chi connectivity index (χ0v) is 25.2. The highest BCUT2D eigenvalue weighted by Gasteiger charge is 2.55. The highest BCUT2D eigenvalue weighted by molar-refractivity contribution is 8.03. The van der Waals surface area contributed by atoms with Gasteiger partial charge in [-0.05, 0) is 103 Å². The Hall–Kier alpha value is -4.36. The lowest BCUT2D eigenvalue weighted by Gasteiger charge is -2.23. The van der Waals surface area contributed by atoms with Gasteiger partial charge in [-0.2, -0.15) is 26.9 Å². The van der Waals surface area contributed by atoms with Crippen LogP contribution < -0.4 is 0 Å². The third kappa shape index (κ3) is 5.30. The molecule has 220 valence electrons. The Bertz CT molecular complexity index is 2180. The standard InChI is InChI=1S/C35H25F3NO3S2/c1-22-16-28(17-23(2)32(22)21-39)34(43(29-13-4-3-5-14-29)42-44(40,41)35(36,37)38)33-30-15-9-8-12-26(30)19-27-18-24-10-6-7-11-25(24)20-31(27)33/h3-20,34H,1-2H3/q+1. The number of rotatable bonds is 6. The fourth-order valence-corrected chi connectivity index (χ4v) is 8.96. The first-order valence-electron chi connectivity index (χ1n) is 13.6. The van der Waals surface area contributed by atoms with E-state index < -0.39 is 32.1 Å². The molecule has 6 aromatic carbocycles. The molecule has 0 aliphatic rings. The summed E-state index contributed by atoms with van der Waals surface area (Å²) in [4.78, 5) is 0.284. The maximum Gasteiger partial charge on any atom is 0.527 e.